The Morgan fingerprint density at radius 2 is 2.00 bits per heavy atom. The van der Waals surface area contributed by atoms with Gasteiger partial charge in [-0.25, -0.2) is 0 Å². The minimum Gasteiger partial charge on any atom is -0.341 e. The number of hydrogen-bond donors (Lipinski definition) is 1. The molecule has 2 fully saturated rings. The highest BCUT2D eigenvalue weighted by molar-refractivity contribution is 5.76. The monoisotopic (exact) mass is 210 g/mol. The third-order valence-corrected chi connectivity index (χ3v) is 3.58. The molecule has 1 unspecified atom stereocenters. The van der Waals surface area contributed by atoms with Gasteiger partial charge in [0, 0.05) is 25.6 Å². The second-order valence-corrected chi connectivity index (χ2v) is 5.01. The first-order chi connectivity index (χ1) is 7.27. The zero-order chi connectivity index (χ0) is 10.7. The molecular weight excluding hydrogens is 188 g/mol. The molecule has 1 saturated heterocycles. The molecular formula is C12H22N2O. The third-order valence-electron chi connectivity index (χ3n) is 3.58. The third kappa shape index (κ3) is 3.20. The van der Waals surface area contributed by atoms with Crippen LogP contribution in [0.3, 0.4) is 0 Å². The van der Waals surface area contributed by atoms with E-state index < -0.39 is 0 Å². The molecule has 0 spiro atoms. The van der Waals surface area contributed by atoms with Crippen molar-refractivity contribution in [2.24, 2.45) is 11.7 Å². The van der Waals surface area contributed by atoms with Crippen LogP contribution in [0.5, 0.6) is 0 Å². The van der Waals surface area contributed by atoms with Gasteiger partial charge in [0.15, 0.2) is 0 Å². The maximum Gasteiger partial charge on any atom is 0.222 e. The van der Waals surface area contributed by atoms with Crippen LogP contribution in [0.2, 0.25) is 0 Å². The molecule has 3 heteroatoms. The van der Waals surface area contributed by atoms with Crippen LogP contribution in [-0.2, 0) is 4.79 Å². The van der Waals surface area contributed by atoms with Crippen molar-refractivity contribution in [2.45, 2.75) is 51.0 Å². The van der Waals surface area contributed by atoms with Gasteiger partial charge in [-0.2, -0.15) is 0 Å². The Balaban J connectivity index is 1.83. The number of hydrogen-bond acceptors (Lipinski definition) is 2. The van der Waals surface area contributed by atoms with E-state index in [2.05, 4.69) is 0 Å². The Kier molecular flexibility index (Phi) is 3.62. The lowest BCUT2D eigenvalue weighted by molar-refractivity contribution is -0.132. The van der Waals surface area contributed by atoms with Crippen LogP contribution < -0.4 is 5.73 Å². The SMILES string of the molecule is NC(CN1CCCCCCC1=O)C1CC1. The Morgan fingerprint density at radius 3 is 2.73 bits per heavy atom. The van der Waals surface area contributed by atoms with E-state index in [0.29, 0.717) is 11.8 Å². The van der Waals surface area contributed by atoms with Gasteiger partial charge in [0.2, 0.25) is 5.91 Å². The summed E-state index contributed by atoms with van der Waals surface area (Å²) in [6.07, 6.45) is 7.97. The highest BCUT2D eigenvalue weighted by atomic mass is 16.2. The molecule has 15 heavy (non-hydrogen) atoms. The molecule has 3 nitrogen and oxygen atoms in total. The first kappa shape index (κ1) is 10.9. The van der Waals surface area contributed by atoms with Crippen LogP contribution in [0.25, 0.3) is 0 Å². The van der Waals surface area contributed by atoms with Gasteiger partial charge in [0.1, 0.15) is 0 Å². The van der Waals surface area contributed by atoms with E-state index in [1.165, 1.54) is 25.7 Å². The summed E-state index contributed by atoms with van der Waals surface area (Å²) in [6, 6.07) is 0.230. The second kappa shape index (κ2) is 4.97. The van der Waals surface area contributed by atoms with Crippen molar-refractivity contribution in [3.8, 4) is 0 Å². The fourth-order valence-corrected chi connectivity index (χ4v) is 2.34. The predicted octanol–water partition coefficient (Wildman–Crippen LogP) is 1.52. The summed E-state index contributed by atoms with van der Waals surface area (Å²) in [4.78, 5) is 13.8. The smallest absolute Gasteiger partial charge is 0.222 e. The molecule has 0 aromatic heterocycles. The van der Waals surface area contributed by atoms with E-state index in [4.69, 9.17) is 5.73 Å². The molecule has 2 N–H and O–H groups in total. The zero-order valence-corrected chi connectivity index (χ0v) is 9.45. The molecule has 0 radical (unpaired) electrons. The number of rotatable bonds is 3. The van der Waals surface area contributed by atoms with Gasteiger partial charge in [-0.3, -0.25) is 4.79 Å². The van der Waals surface area contributed by atoms with Crippen LogP contribution in [0, 0.1) is 5.92 Å². The van der Waals surface area contributed by atoms with Crippen LogP contribution in [0.15, 0.2) is 0 Å². The highest BCUT2D eigenvalue weighted by Crippen LogP contribution is 2.32. The van der Waals surface area contributed by atoms with Gasteiger partial charge in [-0.05, 0) is 31.6 Å². The van der Waals surface area contributed by atoms with Crippen LogP contribution in [-0.4, -0.2) is 29.9 Å². The standard InChI is InChI=1S/C12H22N2O/c13-11(10-6-7-10)9-14-8-4-2-1-3-5-12(14)15/h10-11H,1-9,13H2. The highest BCUT2D eigenvalue weighted by Gasteiger charge is 2.30. The van der Waals surface area contributed by atoms with Gasteiger partial charge in [0.05, 0.1) is 0 Å². The Bertz CT molecular complexity index is 226. The molecule has 1 atom stereocenters. The maximum atomic E-state index is 11.8. The molecule has 1 aliphatic carbocycles. The Labute approximate surface area is 92.0 Å². The molecule has 86 valence electrons. The average molecular weight is 210 g/mol. The predicted molar refractivity (Wildman–Crippen MR) is 60.4 cm³/mol. The molecule has 2 rings (SSSR count). The summed E-state index contributed by atoms with van der Waals surface area (Å²) in [5.41, 5.74) is 6.07. The van der Waals surface area contributed by atoms with E-state index in [1.54, 1.807) is 0 Å². The van der Waals surface area contributed by atoms with Crippen LogP contribution in [0.1, 0.15) is 44.9 Å². The van der Waals surface area contributed by atoms with E-state index in [9.17, 15) is 4.79 Å². The fraction of sp³-hybridized carbons (Fsp3) is 0.917. The summed E-state index contributed by atoms with van der Waals surface area (Å²) < 4.78 is 0. The first-order valence-electron chi connectivity index (χ1n) is 6.31. The summed E-state index contributed by atoms with van der Waals surface area (Å²) in [5, 5.41) is 0. The Hall–Kier alpha value is -0.570. The lowest BCUT2D eigenvalue weighted by Crippen LogP contribution is -2.43. The molecule has 1 aliphatic heterocycles. The van der Waals surface area contributed by atoms with Crippen LogP contribution >= 0.6 is 0 Å². The fourth-order valence-electron chi connectivity index (χ4n) is 2.34. The second-order valence-electron chi connectivity index (χ2n) is 5.01. The zero-order valence-electron chi connectivity index (χ0n) is 9.45. The first-order valence-corrected chi connectivity index (χ1v) is 6.31. The number of carbonyl (C=O) groups excluding carboxylic acids is 1. The molecule has 0 bridgehead atoms. The van der Waals surface area contributed by atoms with Gasteiger partial charge in [-0.15, -0.1) is 0 Å². The van der Waals surface area contributed by atoms with Crippen molar-refractivity contribution in [2.75, 3.05) is 13.1 Å². The largest absolute Gasteiger partial charge is 0.341 e. The van der Waals surface area contributed by atoms with Gasteiger partial charge < -0.3 is 10.6 Å². The summed E-state index contributed by atoms with van der Waals surface area (Å²) in [5.74, 6) is 1.02. The lowest BCUT2D eigenvalue weighted by Gasteiger charge is -2.27. The quantitative estimate of drug-likeness (QED) is 0.767. The number of amides is 1. The van der Waals surface area contributed by atoms with E-state index in [-0.39, 0.29) is 6.04 Å². The number of nitrogens with two attached hydrogens (primary N) is 1. The maximum absolute atomic E-state index is 11.8. The van der Waals surface area contributed by atoms with Crippen molar-refractivity contribution >= 4 is 5.91 Å². The van der Waals surface area contributed by atoms with Crippen LogP contribution in [0.4, 0.5) is 0 Å². The summed E-state index contributed by atoms with van der Waals surface area (Å²) in [6.45, 7) is 1.72. The normalized spacial score (nSPS) is 25.9. The number of carbonyl (C=O) groups is 1. The number of likely N-dealkylation sites (tertiary alicyclic amines) is 1. The van der Waals surface area contributed by atoms with E-state index in [1.807, 2.05) is 4.90 Å². The molecule has 0 aromatic carbocycles. The van der Waals surface area contributed by atoms with Crippen molar-refractivity contribution in [3.63, 3.8) is 0 Å². The van der Waals surface area contributed by atoms with E-state index >= 15 is 0 Å². The van der Waals surface area contributed by atoms with Gasteiger partial charge >= 0.3 is 0 Å². The van der Waals surface area contributed by atoms with Crippen molar-refractivity contribution in [1.29, 1.82) is 0 Å². The van der Waals surface area contributed by atoms with Crippen molar-refractivity contribution in [3.05, 3.63) is 0 Å². The van der Waals surface area contributed by atoms with E-state index in [0.717, 1.165) is 32.4 Å². The Morgan fingerprint density at radius 1 is 1.27 bits per heavy atom. The molecule has 2 aliphatic rings. The average Bonchev–Trinajstić information content (AvgIpc) is 3.01. The lowest BCUT2D eigenvalue weighted by atomic mass is 10.1. The van der Waals surface area contributed by atoms with Gasteiger partial charge in [-0.1, -0.05) is 12.8 Å². The summed E-state index contributed by atoms with van der Waals surface area (Å²) in [7, 11) is 0. The topological polar surface area (TPSA) is 46.3 Å². The van der Waals surface area contributed by atoms with Crippen molar-refractivity contribution < 1.29 is 4.79 Å². The molecule has 1 amide bonds. The molecule has 1 saturated carbocycles. The molecule has 0 aromatic rings. The van der Waals surface area contributed by atoms with Crippen molar-refractivity contribution in [1.82, 2.24) is 4.90 Å². The summed E-state index contributed by atoms with van der Waals surface area (Å²) >= 11 is 0. The molecule has 1 heterocycles. The van der Waals surface area contributed by atoms with Gasteiger partial charge in [0.25, 0.3) is 0 Å². The minimum absolute atomic E-state index is 0.230. The minimum atomic E-state index is 0.230. The number of nitrogens with zero attached hydrogens (tertiary/aromatic N) is 1.